The van der Waals surface area contributed by atoms with Crippen LogP contribution in [0.4, 0.5) is 0 Å². The van der Waals surface area contributed by atoms with Crippen molar-refractivity contribution in [1.29, 1.82) is 0 Å². The number of carbonyl (C=O) groups excluding carboxylic acids is 2. The van der Waals surface area contributed by atoms with Crippen LogP contribution in [0.1, 0.15) is 106 Å². The monoisotopic (exact) mass is 494 g/mol. The number of benzene rings is 2. The highest BCUT2D eigenvalue weighted by atomic mass is 16.6. The third-order valence-corrected chi connectivity index (χ3v) is 6.00. The van der Waals surface area contributed by atoms with Crippen molar-refractivity contribution in [2.24, 2.45) is 5.92 Å². The molecule has 0 saturated carbocycles. The van der Waals surface area contributed by atoms with Crippen molar-refractivity contribution in [1.82, 2.24) is 0 Å². The normalized spacial score (nSPS) is 12.1. The number of hydrogen-bond donors (Lipinski definition) is 0. The Morgan fingerprint density at radius 3 is 1.64 bits per heavy atom. The van der Waals surface area contributed by atoms with Crippen molar-refractivity contribution in [3.05, 3.63) is 84.4 Å². The van der Waals surface area contributed by atoms with Crippen molar-refractivity contribution in [3.8, 4) is 0 Å². The second-order valence-corrected chi connectivity index (χ2v) is 9.28. The standard InChI is InChI=1S/C21H24O4.C11H22/c1-3-10-19(25-21(23)18-13-8-5-9-14-18)15-16(2)24-20(22)17-11-6-4-7-12-17;1-4-7-9-11(6-3)10-8-5-2/h4-9,11-14,16,19H,3,10,15H2,1-2H3;6,11H,3-5,7-10H2,1-2H3. The zero-order chi connectivity index (χ0) is 26.6. The lowest BCUT2D eigenvalue weighted by atomic mass is 9.96. The predicted octanol–water partition coefficient (Wildman–Crippen LogP) is 8.82. The fourth-order valence-corrected chi connectivity index (χ4v) is 3.90. The van der Waals surface area contributed by atoms with Crippen molar-refractivity contribution >= 4 is 11.9 Å². The number of unbranched alkanes of at least 4 members (excludes halogenated alkanes) is 2. The van der Waals surface area contributed by atoms with Gasteiger partial charge in [-0.1, -0.05) is 95.3 Å². The lowest BCUT2D eigenvalue weighted by Crippen LogP contribution is -2.25. The van der Waals surface area contributed by atoms with Gasteiger partial charge in [-0.15, -0.1) is 6.58 Å². The second kappa shape index (κ2) is 19.3. The molecular formula is C32H46O4. The molecule has 2 rings (SSSR count). The van der Waals surface area contributed by atoms with Crippen LogP contribution in [0.3, 0.4) is 0 Å². The van der Waals surface area contributed by atoms with E-state index in [0.717, 1.165) is 18.8 Å². The van der Waals surface area contributed by atoms with E-state index in [0.29, 0.717) is 17.5 Å². The molecule has 0 amide bonds. The summed E-state index contributed by atoms with van der Waals surface area (Å²) < 4.78 is 11.1. The quantitative estimate of drug-likeness (QED) is 0.183. The van der Waals surface area contributed by atoms with E-state index in [1.165, 1.54) is 38.5 Å². The van der Waals surface area contributed by atoms with E-state index in [-0.39, 0.29) is 24.1 Å². The van der Waals surface area contributed by atoms with Crippen LogP contribution in [0.5, 0.6) is 0 Å². The number of allylic oxidation sites excluding steroid dienone is 1. The molecule has 4 heteroatoms. The van der Waals surface area contributed by atoms with Gasteiger partial charge >= 0.3 is 11.9 Å². The minimum atomic E-state index is -0.363. The van der Waals surface area contributed by atoms with Crippen LogP contribution in [0.15, 0.2) is 73.3 Å². The first-order valence-corrected chi connectivity index (χ1v) is 13.6. The average Bonchev–Trinajstić information content (AvgIpc) is 2.90. The third kappa shape index (κ3) is 13.3. The van der Waals surface area contributed by atoms with Crippen LogP contribution in [0, 0.1) is 5.92 Å². The highest BCUT2D eigenvalue weighted by Crippen LogP contribution is 2.17. The Labute approximate surface area is 219 Å². The fourth-order valence-electron chi connectivity index (χ4n) is 3.90. The molecule has 2 atom stereocenters. The van der Waals surface area contributed by atoms with E-state index < -0.39 is 0 Å². The van der Waals surface area contributed by atoms with Crippen LogP contribution in [0.25, 0.3) is 0 Å². The molecule has 0 saturated heterocycles. The van der Waals surface area contributed by atoms with Crippen molar-refractivity contribution in [2.75, 3.05) is 0 Å². The molecule has 0 heterocycles. The number of esters is 2. The van der Waals surface area contributed by atoms with E-state index in [9.17, 15) is 9.59 Å². The van der Waals surface area contributed by atoms with Gasteiger partial charge in [-0.05, 0) is 56.4 Å². The molecule has 0 N–H and O–H groups in total. The summed E-state index contributed by atoms with van der Waals surface area (Å²) in [5, 5.41) is 0. The summed E-state index contributed by atoms with van der Waals surface area (Å²) in [7, 11) is 0. The molecule has 198 valence electrons. The maximum absolute atomic E-state index is 12.2. The number of rotatable bonds is 15. The zero-order valence-corrected chi connectivity index (χ0v) is 22.8. The maximum atomic E-state index is 12.2. The average molecular weight is 495 g/mol. The topological polar surface area (TPSA) is 52.6 Å². The van der Waals surface area contributed by atoms with E-state index in [1.54, 1.807) is 48.5 Å². The first-order valence-electron chi connectivity index (χ1n) is 13.6. The van der Waals surface area contributed by atoms with E-state index >= 15 is 0 Å². The summed E-state index contributed by atoms with van der Waals surface area (Å²) in [6.07, 6.45) is 11.6. The molecule has 0 aromatic heterocycles. The Hall–Kier alpha value is -2.88. The Balaban J connectivity index is 0.000000497. The Morgan fingerprint density at radius 2 is 1.22 bits per heavy atom. The summed E-state index contributed by atoms with van der Waals surface area (Å²) in [6.45, 7) is 12.2. The molecule has 2 aromatic carbocycles. The molecule has 0 aliphatic carbocycles. The number of carbonyl (C=O) groups is 2. The predicted molar refractivity (Wildman–Crippen MR) is 149 cm³/mol. The highest BCUT2D eigenvalue weighted by Gasteiger charge is 2.21. The van der Waals surface area contributed by atoms with Crippen molar-refractivity contribution in [3.63, 3.8) is 0 Å². The summed E-state index contributed by atoms with van der Waals surface area (Å²) >= 11 is 0. The van der Waals surface area contributed by atoms with Crippen LogP contribution in [-0.4, -0.2) is 24.1 Å². The lowest BCUT2D eigenvalue weighted by molar-refractivity contribution is 0.00162. The lowest BCUT2D eigenvalue weighted by Gasteiger charge is -2.21. The van der Waals surface area contributed by atoms with Crippen LogP contribution in [-0.2, 0) is 9.47 Å². The third-order valence-electron chi connectivity index (χ3n) is 6.00. The minimum Gasteiger partial charge on any atom is -0.459 e. The van der Waals surface area contributed by atoms with Gasteiger partial charge in [0.1, 0.15) is 12.2 Å². The molecule has 0 spiro atoms. The van der Waals surface area contributed by atoms with Gasteiger partial charge in [-0.3, -0.25) is 0 Å². The summed E-state index contributed by atoms with van der Waals surface area (Å²) in [5.41, 5.74) is 1.04. The molecule has 2 unspecified atom stereocenters. The first kappa shape index (κ1) is 31.2. The Bertz CT molecular complexity index is 839. The Kier molecular flexibility index (Phi) is 16.7. The second-order valence-electron chi connectivity index (χ2n) is 9.28. The maximum Gasteiger partial charge on any atom is 0.338 e. The van der Waals surface area contributed by atoms with Gasteiger partial charge in [-0.25, -0.2) is 9.59 Å². The van der Waals surface area contributed by atoms with Gasteiger partial charge in [0.2, 0.25) is 0 Å². The number of hydrogen-bond acceptors (Lipinski definition) is 4. The molecular weight excluding hydrogens is 448 g/mol. The summed E-state index contributed by atoms with van der Waals surface area (Å²) in [4.78, 5) is 24.3. The summed E-state index contributed by atoms with van der Waals surface area (Å²) in [6, 6.07) is 17.8. The molecule has 0 aliphatic rings. The smallest absolute Gasteiger partial charge is 0.338 e. The van der Waals surface area contributed by atoms with Crippen LogP contribution in [0.2, 0.25) is 0 Å². The van der Waals surface area contributed by atoms with Crippen molar-refractivity contribution < 1.29 is 19.1 Å². The van der Waals surface area contributed by atoms with Gasteiger partial charge in [0.15, 0.2) is 0 Å². The van der Waals surface area contributed by atoms with Gasteiger partial charge in [0.25, 0.3) is 0 Å². The van der Waals surface area contributed by atoms with Crippen molar-refractivity contribution in [2.45, 2.75) is 97.7 Å². The largest absolute Gasteiger partial charge is 0.459 e. The summed E-state index contributed by atoms with van der Waals surface area (Å²) in [5.74, 6) is 0.0771. The van der Waals surface area contributed by atoms with Gasteiger partial charge in [-0.2, -0.15) is 0 Å². The van der Waals surface area contributed by atoms with E-state index in [2.05, 4.69) is 26.5 Å². The highest BCUT2D eigenvalue weighted by molar-refractivity contribution is 5.90. The van der Waals surface area contributed by atoms with Crippen LogP contribution < -0.4 is 0 Å². The zero-order valence-electron chi connectivity index (χ0n) is 22.8. The molecule has 0 aliphatic heterocycles. The first-order chi connectivity index (χ1) is 17.4. The van der Waals surface area contributed by atoms with E-state index in [1.807, 2.05) is 26.0 Å². The molecule has 2 aromatic rings. The molecule has 0 bridgehead atoms. The molecule has 36 heavy (non-hydrogen) atoms. The Morgan fingerprint density at radius 1 is 0.750 bits per heavy atom. The van der Waals surface area contributed by atoms with Crippen LogP contribution >= 0.6 is 0 Å². The SMILES string of the molecule is C=CC(CCCC)CCCC.CCCC(CC(C)OC(=O)c1ccccc1)OC(=O)c1ccccc1. The minimum absolute atomic E-state index is 0.281. The van der Waals surface area contributed by atoms with Gasteiger partial charge < -0.3 is 9.47 Å². The molecule has 0 fully saturated rings. The number of ether oxygens (including phenoxy) is 2. The molecule has 0 radical (unpaired) electrons. The van der Waals surface area contributed by atoms with Gasteiger partial charge in [0.05, 0.1) is 11.1 Å². The van der Waals surface area contributed by atoms with Gasteiger partial charge in [0, 0.05) is 6.42 Å². The molecule has 4 nitrogen and oxygen atoms in total. The fraction of sp³-hybridized carbons (Fsp3) is 0.500. The van der Waals surface area contributed by atoms with E-state index in [4.69, 9.17) is 9.47 Å².